The average molecular weight is 929 g/mol. The second-order valence-electron chi connectivity index (χ2n) is 21.0. The van der Waals surface area contributed by atoms with Gasteiger partial charge in [0.15, 0.2) is 0 Å². The predicted molar refractivity (Wildman–Crippen MR) is 275 cm³/mol. The number of phosphoric acid groups is 1. The van der Waals surface area contributed by atoms with Gasteiger partial charge in [-0.05, 0) is 12.8 Å². The van der Waals surface area contributed by atoms with Crippen LogP contribution in [0.1, 0.15) is 296 Å². The van der Waals surface area contributed by atoms with Gasteiger partial charge in [-0.15, -0.1) is 0 Å². The maximum absolute atomic E-state index is 12.9. The van der Waals surface area contributed by atoms with Crippen molar-refractivity contribution in [2.75, 3.05) is 40.9 Å². The van der Waals surface area contributed by atoms with Gasteiger partial charge in [0.1, 0.15) is 13.2 Å². The van der Waals surface area contributed by atoms with E-state index >= 15 is 0 Å². The highest BCUT2D eigenvalue weighted by Crippen LogP contribution is 2.38. The van der Waals surface area contributed by atoms with E-state index in [4.69, 9.17) is 9.05 Å². The van der Waals surface area contributed by atoms with Crippen LogP contribution in [0.5, 0.6) is 0 Å². The van der Waals surface area contributed by atoms with Crippen molar-refractivity contribution in [2.24, 2.45) is 0 Å². The Bertz CT molecular complexity index is 1010. The lowest BCUT2D eigenvalue weighted by Crippen LogP contribution is -2.46. The zero-order chi connectivity index (χ0) is 47.1. The molecule has 0 aromatic heterocycles. The number of aliphatic hydroxyl groups is 1. The molecule has 9 heteroatoms. The van der Waals surface area contributed by atoms with Crippen molar-refractivity contribution in [3.63, 3.8) is 0 Å². The SMILES string of the molecule is CCCCCCCCCCCCCCCCCCCCCCCCCCCCCCCC(=O)NC(COP(=O)([O-])OCC[N+](C)(C)C)C(O)CCCCCCCCCCCCCCC. The van der Waals surface area contributed by atoms with Crippen LogP contribution in [0, 0.1) is 0 Å². The lowest BCUT2D eigenvalue weighted by molar-refractivity contribution is -0.870. The van der Waals surface area contributed by atoms with Crippen LogP contribution in [0.3, 0.4) is 0 Å². The zero-order valence-corrected chi connectivity index (χ0v) is 44.7. The first-order valence-corrected chi connectivity index (χ1v) is 29.8. The molecule has 1 amide bonds. The quantitative estimate of drug-likeness (QED) is 0.0357. The third-order valence-corrected chi connectivity index (χ3v) is 14.3. The van der Waals surface area contributed by atoms with Gasteiger partial charge in [-0.1, -0.05) is 277 Å². The fraction of sp³-hybridized carbons (Fsp3) is 0.982. The van der Waals surface area contributed by atoms with Gasteiger partial charge in [-0.25, -0.2) is 0 Å². The first-order valence-electron chi connectivity index (χ1n) is 28.4. The number of nitrogens with zero attached hydrogens (tertiary/aromatic N) is 1. The summed E-state index contributed by atoms with van der Waals surface area (Å²) in [4.78, 5) is 25.5. The van der Waals surface area contributed by atoms with Crippen LogP contribution in [-0.4, -0.2) is 68.5 Å². The Hall–Kier alpha value is -0.500. The Labute approximate surface area is 399 Å². The third kappa shape index (κ3) is 49.4. The largest absolute Gasteiger partial charge is 0.756 e. The molecule has 0 aromatic carbocycles. The van der Waals surface area contributed by atoms with Gasteiger partial charge in [0.25, 0.3) is 7.82 Å². The standard InChI is InChI=1S/C55H113N2O6P/c1-6-8-10-12-14-16-18-20-21-22-23-24-25-26-27-28-29-30-31-32-33-34-35-37-39-41-43-45-47-49-55(59)56-53(52-63-64(60,61)62-51-50-57(3,4)5)54(58)48-46-44-42-40-38-36-19-17-15-13-11-9-7-2/h53-54,58H,6-52H2,1-5H3,(H-,56,59,60,61). The number of aliphatic hydroxyl groups excluding tert-OH is 1. The first-order chi connectivity index (χ1) is 31.0. The normalized spacial score (nSPS) is 13.9. The summed E-state index contributed by atoms with van der Waals surface area (Å²) in [7, 11) is 1.32. The molecule has 3 unspecified atom stereocenters. The molecule has 0 aromatic rings. The molecule has 3 atom stereocenters. The molecule has 0 rings (SSSR count). The summed E-state index contributed by atoms with van der Waals surface area (Å²) in [6, 6.07) is -0.794. The summed E-state index contributed by atoms with van der Waals surface area (Å²) in [5.41, 5.74) is 0. The molecule has 0 fully saturated rings. The van der Waals surface area contributed by atoms with Gasteiger partial charge >= 0.3 is 0 Å². The van der Waals surface area contributed by atoms with Crippen LogP contribution in [-0.2, 0) is 18.4 Å². The van der Waals surface area contributed by atoms with Gasteiger partial charge < -0.3 is 28.8 Å². The molecule has 0 radical (unpaired) electrons. The molecular formula is C55H113N2O6P. The Balaban J connectivity index is 3.99. The van der Waals surface area contributed by atoms with E-state index < -0.39 is 20.0 Å². The predicted octanol–water partition coefficient (Wildman–Crippen LogP) is 16.2. The van der Waals surface area contributed by atoms with E-state index in [1.807, 2.05) is 21.1 Å². The van der Waals surface area contributed by atoms with Crippen molar-refractivity contribution < 1.29 is 32.9 Å². The third-order valence-electron chi connectivity index (χ3n) is 13.3. The van der Waals surface area contributed by atoms with Crippen molar-refractivity contribution >= 4 is 13.7 Å². The summed E-state index contributed by atoms with van der Waals surface area (Å²) < 4.78 is 23.4. The highest BCUT2D eigenvalue weighted by Gasteiger charge is 2.24. The molecule has 0 bridgehead atoms. The topological polar surface area (TPSA) is 108 Å². The Morgan fingerprint density at radius 3 is 1.06 bits per heavy atom. The number of likely N-dealkylation sites (N-methyl/N-ethyl adjacent to an activating group) is 1. The van der Waals surface area contributed by atoms with E-state index in [-0.39, 0.29) is 19.1 Å². The molecule has 0 aliphatic heterocycles. The number of hydrogen-bond donors (Lipinski definition) is 2. The van der Waals surface area contributed by atoms with E-state index in [2.05, 4.69) is 19.2 Å². The van der Waals surface area contributed by atoms with Crippen LogP contribution >= 0.6 is 7.82 Å². The van der Waals surface area contributed by atoms with Crippen molar-refractivity contribution in [2.45, 2.75) is 309 Å². The first kappa shape index (κ1) is 63.5. The fourth-order valence-corrected chi connectivity index (χ4v) is 9.59. The summed E-state index contributed by atoms with van der Waals surface area (Å²) >= 11 is 0. The molecule has 0 spiro atoms. The monoisotopic (exact) mass is 929 g/mol. The summed E-state index contributed by atoms with van der Waals surface area (Å²) in [6.45, 7) is 4.76. The van der Waals surface area contributed by atoms with Crippen molar-refractivity contribution in [1.29, 1.82) is 0 Å². The molecule has 384 valence electrons. The smallest absolute Gasteiger partial charge is 0.268 e. The fourth-order valence-electron chi connectivity index (χ4n) is 8.87. The zero-order valence-electron chi connectivity index (χ0n) is 43.8. The number of rotatable bonds is 53. The Morgan fingerprint density at radius 1 is 0.484 bits per heavy atom. The molecular weight excluding hydrogens is 816 g/mol. The minimum atomic E-state index is -4.56. The summed E-state index contributed by atoms with van der Waals surface area (Å²) in [6.07, 6.45) is 55.7. The van der Waals surface area contributed by atoms with Gasteiger partial charge in [-0.2, -0.15) is 0 Å². The number of carbonyl (C=O) groups is 1. The van der Waals surface area contributed by atoms with Crippen LogP contribution in [0.4, 0.5) is 0 Å². The van der Waals surface area contributed by atoms with E-state index in [1.165, 1.54) is 231 Å². The number of carbonyl (C=O) groups excluding carboxylic acids is 1. The van der Waals surface area contributed by atoms with Crippen molar-refractivity contribution in [3.05, 3.63) is 0 Å². The Morgan fingerprint density at radius 2 is 0.766 bits per heavy atom. The minimum Gasteiger partial charge on any atom is -0.756 e. The summed E-state index contributed by atoms with van der Waals surface area (Å²) in [5.74, 6) is -0.158. The molecule has 2 N–H and O–H groups in total. The minimum absolute atomic E-state index is 0.0164. The summed E-state index contributed by atoms with van der Waals surface area (Å²) in [5, 5.41) is 14.0. The number of unbranched alkanes of at least 4 members (excludes halogenated alkanes) is 40. The second kappa shape index (κ2) is 47.6. The van der Waals surface area contributed by atoms with Crippen molar-refractivity contribution in [1.82, 2.24) is 5.32 Å². The number of nitrogens with one attached hydrogen (secondary N) is 1. The maximum Gasteiger partial charge on any atom is 0.268 e. The molecule has 0 saturated heterocycles. The van der Waals surface area contributed by atoms with E-state index in [1.54, 1.807) is 0 Å². The number of quaternary nitrogens is 1. The maximum atomic E-state index is 12.9. The van der Waals surface area contributed by atoms with Gasteiger partial charge in [0.2, 0.25) is 5.91 Å². The molecule has 0 heterocycles. The number of hydrogen-bond acceptors (Lipinski definition) is 6. The van der Waals surface area contributed by atoms with Gasteiger partial charge in [-0.3, -0.25) is 9.36 Å². The molecule has 64 heavy (non-hydrogen) atoms. The van der Waals surface area contributed by atoms with Crippen LogP contribution in [0.2, 0.25) is 0 Å². The van der Waals surface area contributed by atoms with E-state index in [0.717, 1.165) is 38.5 Å². The molecule has 8 nitrogen and oxygen atoms in total. The highest BCUT2D eigenvalue weighted by atomic mass is 31.2. The van der Waals surface area contributed by atoms with Gasteiger partial charge in [0.05, 0.1) is 39.9 Å². The van der Waals surface area contributed by atoms with Crippen molar-refractivity contribution in [3.8, 4) is 0 Å². The van der Waals surface area contributed by atoms with E-state index in [9.17, 15) is 19.4 Å². The van der Waals surface area contributed by atoms with E-state index in [0.29, 0.717) is 23.9 Å². The lowest BCUT2D eigenvalue weighted by Gasteiger charge is -2.30. The van der Waals surface area contributed by atoms with Crippen LogP contribution < -0.4 is 10.2 Å². The highest BCUT2D eigenvalue weighted by molar-refractivity contribution is 7.45. The molecule has 0 aliphatic carbocycles. The van der Waals surface area contributed by atoms with Crippen LogP contribution in [0.15, 0.2) is 0 Å². The Kier molecular flexibility index (Phi) is 47.2. The lowest BCUT2D eigenvalue weighted by atomic mass is 10.0. The second-order valence-corrected chi connectivity index (χ2v) is 22.4. The van der Waals surface area contributed by atoms with Gasteiger partial charge in [0, 0.05) is 6.42 Å². The molecule has 0 saturated carbocycles. The average Bonchev–Trinajstić information content (AvgIpc) is 3.25. The molecule has 0 aliphatic rings. The number of phosphoric ester groups is 1. The number of amides is 1. The van der Waals surface area contributed by atoms with Crippen LogP contribution in [0.25, 0.3) is 0 Å².